The number of hydrogen-bond acceptors (Lipinski definition) is 4. The third-order valence-corrected chi connectivity index (χ3v) is 5.52. The van der Waals surface area contributed by atoms with Crippen LogP contribution in [0, 0.1) is 11.8 Å². The van der Waals surface area contributed by atoms with E-state index in [-0.39, 0.29) is 12.0 Å². The number of hydrogen-bond donors (Lipinski definition) is 0. The third-order valence-electron chi connectivity index (χ3n) is 5.52. The molecule has 0 N–H and O–H groups in total. The minimum atomic E-state index is 0.0954. The van der Waals surface area contributed by atoms with Crippen LogP contribution < -0.4 is 0 Å². The van der Waals surface area contributed by atoms with Gasteiger partial charge in [0.2, 0.25) is 5.91 Å². The van der Waals surface area contributed by atoms with Gasteiger partial charge in [-0.15, -0.1) is 0 Å². The summed E-state index contributed by atoms with van der Waals surface area (Å²) in [5.74, 6) is 0.856. The number of likely N-dealkylation sites (tertiary alicyclic amines) is 2. The Labute approximate surface area is 137 Å². The van der Waals surface area contributed by atoms with Crippen molar-refractivity contribution in [3.05, 3.63) is 30.1 Å². The Morgan fingerprint density at radius 1 is 1.26 bits per heavy atom. The Morgan fingerprint density at radius 3 is 2.91 bits per heavy atom. The number of ether oxygens (including phenoxy) is 1. The summed E-state index contributed by atoms with van der Waals surface area (Å²) in [7, 11) is 0. The molecule has 3 atom stereocenters. The number of pyridine rings is 1. The maximum absolute atomic E-state index is 13.0. The van der Waals surface area contributed by atoms with Crippen molar-refractivity contribution in [3.63, 3.8) is 0 Å². The van der Waals surface area contributed by atoms with Gasteiger partial charge in [-0.1, -0.05) is 6.07 Å². The first kappa shape index (κ1) is 15.1. The van der Waals surface area contributed by atoms with Crippen LogP contribution in [0.1, 0.15) is 25.0 Å². The summed E-state index contributed by atoms with van der Waals surface area (Å²) in [5.41, 5.74) is 1.07. The lowest BCUT2D eigenvalue weighted by atomic mass is 9.82. The van der Waals surface area contributed by atoms with Gasteiger partial charge in [0.15, 0.2) is 0 Å². The van der Waals surface area contributed by atoms with Gasteiger partial charge in [-0.25, -0.2) is 0 Å². The van der Waals surface area contributed by atoms with E-state index >= 15 is 0 Å². The fourth-order valence-corrected chi connectivity index (χ4v) is 4.34. The average molecular weight is 315 g/mol. The van der Waals surface area contributed by atoms with Crippen LogP contribution in [-0.4, -0.2) is 59.6 Å². The maximum atomic E-state index is 13.0. The van der Waals surface area contributed by atoms with Gasteiger partial charge in [0.25, 0.3) is 0 Å². The first-order chi connectivity index (χ1) is 11.3. The fourth-order valence-electron chi connectivity index (χ4n) is 4.34. The quantitative estimate of drug-likeness (QED) is 0.849. The van der Waals surface area contributed by atoms with Crippen LogP contribution in [0.5, 0.6) is 0 Å². The summed E-state index contributed by atoms with van der Waals surface area (Å²) in [5, 5.41) is 0. The predicted molar refractivity (Wildman–Crippen MR) is 86.7 cm³/mol. The Kier molecular flexibility index (Phi) is 4.31. The van der Waals surface area contributed by atoms with E-state index in [2.05, 4.69) is 20.9 Å². The summed E-state index contributed by atoms with van der Waals surface area (Å²) in [6, 6.07) is 6.02. The van der Waals surface area contributed by atoms with Crippen LogP contribution in [-0.2, 0) is 16.1 Å². The molecule has 1 aromatic rings. The standard InChI is InChI=1S/C18H25N3O2/c22-18(21-8-3-4-9-21)16-12-20(11-14-5-1-2-7-19-14)13-17-15(16)6-10-23-17/h1-2,5,7,15-17H,3-4,6,8-13H2/t15-,16-,17+/m0/s1. The summed E-state index contributed by atoms with van der Waals surface area (Å²) >= 11 is 0. The van der Waals surface area contributed by atoms with Gasteiger partial charge >= 0.3 is 0 Å². The largest absolute Gasteiger partial charge is 0.377 e. The van der Waals surface area contributed by atoms with Crippen molar-refractivity contribution < 1.29 is 9.53 Å². The van der Waals surface area contributed by atoms with Gasteiger partial charge < -0.3 is 9.64 Å². The van der Waals surface area contributed by atoms with Crippen LogP contribution in [0.4, 0.5) is 0 Å². The monoisotopic (exact) mass is 315 g/mol. The number of aromatic nitrogens is 1. The lowest BCUT2D eigenvalue weighted by Crippen LogP contribution is -2.52. The number of carbonyl (C=O) groups is 1. The Hall–Kier alpha value is -1.46. The smallest absolute Gasteiger partial charge is 0.227 e. The highest BCUT2D eigenvalue weighted by molar-refractivity contribution is 5.80. The Bertz CT molecular complexity index is 544. The second-order valence-electron chi connectivity index (χ2n) is 7.02. The SMILES string of the molecule is O=C([C@H]1CN(Cc2ccccn2)C[C@H]2OCC[C@@H]12)N1CCCC1. The zero-order valence-electron chi connectivity index (χ0n) is 13.6. The second kappa shape index (κ2) is 6.57. The molecule has 0 bridgehead atoms. The van der Waals surface area contributed by atoms with Crippen LogP contribution in [0.15, 0.2) is 24.4 Å². The molecule has 0 radical (unpaired) electrons. The molecule has 0 unspecified atom stereocenters. The van der Waals surface area contributed by atoms with Crippen molar-refractivity contribution in [2.45, 2.75) is 31.9 Å². The molecule has 0 saturated carbocycles. The third kappa shape index (κ3) is 3.12. The summed E-state index contributed by atoms with van der Waals surface area (Å²) in [4.78, 5) is 21.8. The predicted octanol–water partition coefficient (Wildman–Crippen LogP) is 1.54. The number of carbonyl (C=O) groups excluding carboxylic acids is 1. The van der Waals surface area contributed by atoms with E-state index in [1.807, 2.05) is 18.3 Å². The first-order valence-electron chi connectivity index (χ1n) is 8.84. The zero-order valence-corrected chi connectivity index (χ0v) is 13.6. The fraction of sp³-hybridized carbons (Fsp3) is 0.667. The van der Waals surface area contributed by atoms with E-state index in [1.54, 1.807) is 0 Å². The molecule has 0 aliphatic carbocycles. The van der Waals surface area contributed by atoms with Crippen LogP contribution in [0.3, 0.4) is 0 Å². The Balaban J connectivity index is 1.49. The molecule has 23 heavy (non-hydrogen) atoms. The zero-order chi connectivity index (χ0) is 15.6. The van der Waals surface area contributed by atoms with Gasteiger partial charge in [-0.3, -0.25) is 14.7 Å². The van der Waals surface area contributed by atoms with Gasteiger partial charge in [0.05, 0.1) is 17.7 Å². The maximum Gasteiger partial charge on any atom is 0.227 e. The van der Waals surface area contributed by atoms with Gasteiger partial charge in [0, 0.05) is 51.4 Å². The van der Waals surface area contributed by atoms with E-state index in [1.165, 1.54) is 0 Å². The van der Waals surface area contributed by atoms with Crippen molar-refractivity contribution in [2.24, 2.45) is 11.8 Å². The molecule has 3 aliphatic heterocycles. The van der Waals surface area contributed by atoms with Crippen molar-refractivity contribution in [3.8, 4) is 0 Å². The molecule has 3 aliphatic rings. The number of piperidine rings is 1. The number of nitrogens with zero attached hydrogens (tertiary/aromatic N) is 3. The molecule has 1 aromatic heterocycles. The second-order valence-corrected chi connectivity index (χ2v) is 7.02. The van der Waals surface area contributed by atoms with Crippen molar-refractivity contribution in [2.75, 3.05) is 32.8 Å². The summed E-state index contributed by atoms with van der Waals surface area (Å²) < 4.78 is 5.94. The topological polar surface area (TPSA) is 45.7 Å². The van der Waals surface area contributed by atoms with Crippen molar-refractivity contribution in [1.29, 1.82) is 0 Å². The van der Waals surface area contributed by atoms with Gasteiger partial charge in [-0.05, 0) is 31.4 Å². The molecule has 0 aromatic carbocycles. The molecular weight excluding hydrogens is 290 g/mol. The highest BCUT2D eigenvalue weighted by Crippen LogP contribution is 2.35. The van der Waals surface area contributed by atoms with Gasteiger partial charge in [0.1, 0.15) is 0 Å². The highest BCUT2D eigenvalue weighted by Gasteiger charge is 2.45. The first-order valence-corrected chi connectivity index (χ1v) is 8.84. The van der Waals surface area contributed by atoms with E-state index in [9.17, 15) is 4.79 Å². The lowest BCUT2D eigenvalue weighted by Gasteiger charge is -2.40. The molecule has 5 heteroatoms. The summed E-state index contributed by atoms with van der Waals surface area (Å²) in [6.07, 6.45) is 5.39. The van der Waals surface area contributed by atoms with Crippen molar-refractivity contribution >= 4 is 5.91 Å². The molecule has 4 rings (SSSR count). The molecular formula is C18H25N3O2. The van der Waals surface area contributed by atoms with Crippen LogP contribution in [0.25, 0.3) is 0 Å². The van der Waals surface area contributed by atoms with Crippen LogP contribution >= 0.6 is 0 Å². The number of amides is 1. The van der Waals surface area contributed by atoms with Gasteiger partial charge in [-0.2, -0.15) is 0 Å². The molecule has 0 spiro atoms. The van der Waals surface area contributed by atoms with E-state index in [4.69, 9.17) is 4.74 Å². The van der Waals surface area contributed by atoms with E-state index in [0.29, 0.717) is 11.8 Å². The molecule has 3 saturated heterocycles. The lowest BCUT2D eigenvalue weighted by molar-refractivity contribution is -0.140. The molecule has 4 heterocycles. The highest BCUT2D eigenvalue weighted by atomic mass is 16.5. The van der Waals surface area contributed by atoms with Crippen molar-refractivity contribution in [1.82, 2.24) is 14.8 Å². The molecule has 3 fully saturated rings. The Morgan fingerprint density at radius 2 is 2.13 bits per heavy atom. The number of rotatable bonds is 3. The molecule has 124 valence electrons. The minimum absolute atomic E-state index is 0.0954. The normalized spacial score (nSPS) is 31.3. The number of fused-ring (bicyclic) bond motifs is 1. The average Bonchev–Trinajstić information content (AvgIpc) is 3.26. The summed E-state index contributed by atoms with van der Waals surface area (Å²) in [6.45, 7) is 5.25. The van der Waals surface area contributed by atoms with Crippen LogP contribution in [0.2, 0.25) is 0 Å². The molecule has 1 amide bonds. The molecule has 5 nitrogen and oxygen atoms in total. The van der Waals surface area contributed by atoms with E-state index in [0.717, 1.165) is 64.3 Å². The minimum Gasteiger partial charge on any atom is -0.377 e. The van der Waals surface area contributed by atoms with E-state index < -0.39 is 0 Å².